The van der Waals surface area contributed by atoms with E-state index in [1.807, 2.05) is 12.1 Å². The molecule has 1 saturated carbocycles. The molecule has 4 nitrogen and oxygen atoms in total. The van der Waals surface area contributed by atoms with Crippen LogP contribution in [0.15, 0.2) is 30.9 Å². The Balaban J connectivity index is 1.84. The van der Waals surface area contributed by atoms with Crippen LogP contribution in [-0.2, 0) is 10.6 Å². The molecule has 0 N–H and O–H groups in total. The van der Waals surface area contributed by atoms with Crippen molar-refractivity contribution in [2.24, 2.45) is 0 Å². The Morgan fingerprint density at radius 3 is 2.62 bits per heavy atom. The standard InChI is InChI=1S/C20H29NO3/c1-4-5-9-14-20(21(24-20)17-10-7-6-8-11-17)16-12-13-18(22-2)19(15-16)23-3/h4,12-13,15,17H,1,5-11,14H2,2-3H3/t20-,21?/m0/s1. The molecular weight excluding hydrogens is 302 g/mol. The molecule has 24 heavy (non-hydrogen) atoms. The lowest BCUT2D eigenvalue weighted by molar-refractivity contribution is 0.119. The minimum Gasteiger partial charge on any atom is -0.493 e. The average Bonchev–Trinajstić information content (AvgIpc) is 3.38. The van der Waals surface area contributed by atoms with Gasteiger partial charge in [0.05, 0.1) is 14.2 Å². The van der Waals surface area contributed by atoms with Crippen molar-refractivity contribution in [3.05, 3.63) is 36.4 Å². The third-order valence-electron chi connectivity index (χ3n) is 5.24. The SMILES string of the molecule is C=CCCC[C@@]1(c2ccc(OC)c(OC)c2)ON1C1CCCCC1. The Bertz CT molecular complexity index is 568. The monoisotopic (exact) mass is 331 g/mol. The normalized spacial score (nSPS) is 26.8. The van der Waals surface area contributed by atoms with Crippen molar-refractivity contribution in [1.82, 2.24) is 5.06 Å². The Kier molecular flexibility index (Phi) is 5.47. The first kappa shape index (κ1) is 17.3. The predicted octanol–water partition coefficient (Wildman–Crippen LogP) is 4.79. The van der Waals surface area contributed by atoms with Gasteiger partial charge in [0.15, 0.2) is 17.2 Å². The lowest BCUT2D eigenvalue weighted by atomic mass is 9.92. The van der Waals surface area contributed by atoms with Gasteiger partial charge in [-0.2, -0.15) is 0 Å². The van der Waals surface area contributed by atoms with E-state index in [9.17, 15) is 0 Å². The van der Waals surface area contributed by atoms with Crippen molar-refractivity contribution in [3.8, 4) is 11.5 Å². The van der Waals surface area contributed by atoms with Crippen LogP contribution >= 0.6 is 0 Å². The van der Waals surface area contributed by atoms with E-state index < -0.39 is 0 Å². The summed E-state index contributed by atoms with van der Waals surface area (Å²) in [6.45, 7) is 3.84. The summed E-state index contributed by atoms with van der Waals surface area (Å²) in [4.78, 5) is 6.25. The number of allylic oxidation sites excluding steroid dienone is 1. The molecule has 1 heterocycles. The van der Waals surface area contributed by atoms with Gasteiger partial charge < -0.3 is 9.47 Å². The summed E-state index contributed by atoms with van der Waals surface area (Å²) in [5.74, 6) is 1.52. The van der Waals surface area contributed by atoms with Gasteiger partial charge in [-0.25, -0.2) is 0 Å². The maximum absolute atomic E-state index is 6.25. The van der Waals surface area contributed by atoms with E-state index in [4.69, 9.17) is 14.3 Å². The average molecular weight is 331 g/mol. The molecule has 2 atom stereocenters. The highest BCUT2D eigenvalue weighted by molar-refractivity contribution is 5.45. The molecule has 1 aromatic rings. The smallest absolute Gasteiger partial charge is 0.190 e. The zero-order valence-electron chi connectivity index (χ0n) is 14.9. The fourth-order valence-corrected chi connectivity index (χ4v) is 3.87. The van der Waals surface area contributed by atoms with E-state index in [2.05, 4.69) is 23.8 Å². The van der Waals surface area contributed by atoms with Crippen LogP contribution in [0.3, 0.4) is 0 Å². The van der Waals surface area contributed by atoms with Crippen LogP contribution in [0, 0.1) is 0 Å². The maximum atomic E-state index is 6.25. The number of methoxy groups -OCH3 is 2. The topological polar surface area (TPSA) is 34.0 Å². The van der Waals surface area contributed by atoms with Crippen molar-refractivity contribution in [3.63, 3.8) is 0 Å². The fourth-order valence-electron chi connectivity index (χ4n) is 3.87. The quantitative estimate of drug-likeness (QED) is 0.389. The van der Waals surface area contributed by atoms with E-state index in [1.54, 1.807) is 14.2 Å². The van der Waals surface area contributed by atoms with Gasteiger partial charge in [0.2, 0.25) is 0 Å². The third-order valence-corrected chi connectivity index (χ3v) is 5.24. The molecule has 2 fully saturated rings. The van der Waals surface area contributed by atoms with Crippen molar-refractivity contribution in [1.29, 1.82) is 0 Å². The van der Waals surface area contributed by atoms with E-state index >= 15 is 0 Å². The van der Waals surface area contributed by atoms with Gasteiger partial charge >= 0.3 is 0 Å². The number of rotatable bonds is 8. The summed E-state index contributed by atoms with van der Waals surface area (Å²) >= 11 is 0. The molecule has 0 aromatic heterocycles. The minimum absolute atomic E-state index is 0.301. The Labute approximate surface area is 145 Å². The molecule has 1 aliphatic carbocycles. The first-order valence-corrected chi connectivity index (χ1v) is 9.07. The highest BCUT2D eigenvalue weighted by atomic mass is 16.9. The molecule has 132 valence electrons. The van der Waals surface area contributed by atoms with Crippen LogP contribution in [0.1, 0.15) is 56.9 Å². The zero-order valence-corrected chi connectivity index (χ0v) is 14.9. The van der Waals surface area contributed by atoms with Crippen LogP contribution in [0.25, 0.3) is 0 Å². The number of nitrogens with zero attached hydrogens (tertiary/aromatic N) is 1. The Hall–Kier alpha value is -1.52. The van der Waals surface area contributed by atoms with Crippen LogP contribution in [0.2, 0.25) is 0 Å². The lowest BCUT2D eigenvalue weighted by Gasteiger charge is -2.23. The molecule has 1 aliphatic heterocycles. The predicted molar refractivity (Wildman–Crippen MR) is 95.1 cm³/mol. The zero-order chi connectivity index (χ0) is 17.0. The second-order valence-electron chi connectivity index (χ2n) is 6.74. The number of benzene rings is 1. The van der Waals surface area contributed by atoms with Crippen LogP contribution < -0.4 is 9.47 Å². The van der Waals surface area contributed by atoms with Crippen LogP contribution in [0.5, 0.6) is 11.5 Å². The van der Waals surface area contributed by atoms with Gasteiger partial charge in [-0.1, -0.05) is 31.4 Å². The molecule has 1 unspecified atom stereocenters. The van der Waals surface area contributed by atoms with Crippen molar-refractivity contribution in [2.45, 2.75) is 63.1 Å². The highest BCUT2D eigenvalue weighted by Gasteiger charge is 2.58. The van der Waals surface area contributed by atoms with E-state index in [-0.39, 0.29) is 5.72 Å². The molecule has 0 amide bonds. The lowest BCUT2D eigenvalue weighted by Crippen LogP contribution is -2.28. The van der Waals surface area contributed by atoms with Crippen LogP contribution in [-0.4, -0.2) is 25.3 Å². The third kappa shape index (κ3) is 3.31. The van der Waals surface area contributed by atoms with Crippen LogP contribution in [0.4, 0.5) is 0 Å². The molecule has 0 radical (unpaired) electrons. The van der Waals surface area contributed by atoms with Gasteiger partial charge in [-0.05, 0) is 44.2 Å². The first-order valence-electron chi connectivity index (χ1n) is 9.07. The number of hydrogen-bond donors (Lipinski definition) is 0. The van der Waals surface area contributed by atoms with E-state index in [0.717, 1.165) is 36.3 Å². The molecule has 0 spiro atoms. The van der Waals surface area contributed by atoms with Gasteiger partial charge in [0.25, 0.3) is 0 Å². The number of hydrogen-bond acceptors (Lipinski definition) is 4. The van der Waals surface area contributed by atoms with E-state index in [1.165, 1.54) is 32.1 Å². The number of ether oxygens (including phenoxy) is 2. The summed E-state index contributed by atoms with van der Waals surface area (Å²) in [6, 6.07) is 6.69. The van der Waals surface area contributed by atoms with Gasteiger partial charge in [0.1, 0.15) is 0 Å². The fraction of sp³-hybridized carbons (Fsp3) is 0.600. The summed E-state index contributed by atoms with van der Waals surface area (Å²) in [7, 11) is 3.35. The summed E-state index contributed by atoms with van der Waals surface area (Å²) in [6.07, 6.45) is 11.5. The van der Waals surface area contributed by atoms with Crippen molar-refractivity contribution < 1.29 is 14.3 Å². The number of hydroxylamine groups is 2. The van der Waals surface area contributed by atoms with Crippen molar-refractivity contribution in [2.75, 3.05) is 14.2 Å². The summed E-state index contributed by atoms with van der Waals surface area (Å²) in [5.41, 5.74) is 0.861. The number of unbranched alkanes of at least 4 members (excludes halogenated alkanes) is 1. The highest BCUT2D eigenvalue weighted by Crippen LogP contribution is 2.53. The molecule has 0 bridgehead atoms. The van der Waals surface area contributed by atoms with Gasteiger partial charge in [-0.3, -0.25) is 4.84 Å². The second-order valence-corrected chi connectivity index (χ2v) is 6.74. The van der Waals surface area contributed by atoms with Gasteiger partial charge in [0, 0.05) is 11.6 Å². The first-order chi connectivity index (χ1) is 11.7. The van der Waals surface area contributed by atoms with Gasteiger partial charge in [-0.15, -0.1) is 11.6 Å². The largest absolute Gasteiger partial charge is 0.493 e. The second kappa shape index (κ2) is 7.58. The molecular formula is C20H29NO3. The molecule has 3 rings (SSSR count). The maximum Gasteiger partial charge on any atom is 0.190 e. The summed E-state index contributed by atoms with van der Waals surface area (Å²) < 4.78 is 10.9. The van der Waals surface area contributed by atoms with E-state index in [0.29, 0.717) is 6.04 Å². The molecule has 4 heteroatoms. The molecule has 1 saturated heterocycles. The Morgan fingerprint density at radius 2 is 1.96 bits per heavy atom. The van der Waals surface area contributed by atoms with Crippen molar-refractivity contribution >= 4 is 0 Å². The Morgan fingerprint density at radius 1 is 1.21 bits per heavy atom. The summed E-state index contributed by atoms with van der Waals surface area (Å²) in [5, 5.41) is 2.25. The molecule has 1 aromatic carbocycles. The minimum atomic E-state index is -0.301. The molecule has 2 aliphatic rings.